The Kier molecular flexibility index (Phi) is 5.59. The van der Waals surface area contributed by atoms with Gasteiger partial charge in [-0.15, -0.1) is 0 Å². The van der Waals surface area contributed by atoms with Crippen molar-refractivity contribution in [3.63, 3.8) is 0 Å². The molecular weight excluding hydrogens is 362 g/mol. The lowest BCUT2D eigenvalue weighted by atomic mass is 10.0. The Balaban J connectivity index is 1.81. The number of H-pyrrole nitrogens is 1. The summed E-state index contributed by atoms with van der Waals surface area (Å²) in [5, 5.41) is 24.2. The number of carbonyl (C=O) groups excluding carboxylic acids is 2. The van der Waals surface area contributed by atoms with Gasteiger partial charge in [0.15, 0.2) is 0 Å². The zero-order chi connectivity index (χ0) is 20.1. The number of benzene rings is 2. The average Bonchev–Trinajstić information content (AvgIpc) is 3.05. The van der Waals surface area contributed by atoms with Gasteiger partial charge in [0, 0.05) is 29.2 Å². The molecule has 5 N–H and O–H groups in total. The highest BCUT2D eigenvalue weighted by atomic mass is 16.4. The van der Waals surface area contributed by atoms with Crippen LogP contribution >= 0.6 is 0 Å². The Morgan fingerprint density at radius 3 is 2.46 bits per heavy atom. The molecule has 0 bridgehead atoms. The molecular formula is C20H19N3O5. The molecule has 0 saturated carbocycles. The number of phenolic OH excluding ortho intramolecular Hbond substituents is 1. The van der Waals surface area contributed by atoms with E-state index < -0.39 is 30.2 Å². The van der Waals surface area contributed by atoms with Crippen molar-refractivity contribution in [3.8, 4) is 5.75 Å². The summed E-state index contributed by atoms with van der Waals surface area (Å²) in [6.07, 6.45) is 1.21. The number of hydrogen-bond acceptors (Lipinski definition) is 4. The molecule has 0 aliphatic rings. The number of aromatic amines is 1. The molecule has 0 aliphatic heterocycles. The van der Waals surface area contributed by atoms with Crippen molar-refractivity contribution in [1.29, 1.82) is 0 Å². The molecule has 0 spiro atoms. The number of fused-ring (bicyclic) bond motifs is 1. The molecule has 0 saturated heterocycles. The molecule has 0 fully saturated rings. The number of carboxylic acids is 1. The number of para-hydroxylation sites is 1. The van der Waals surface area contributed by atoms with Crippen molar-refractivity contribution in [2.45, 2.75) is 18.9 Å². The van der Waals surface area contributed by atoms with Crippen LogP contribution in [0.15, 0.2) is 54.7 Å². The maximum atomic E-state index is 12.7. The van der Waals surface area contributed by atoms with Crippen LogP contribution in [0.3, 0.4) is 0 Å². The van der Waals surface area contributed by atoms with E-state index in [4.69, 9.17) is 5.11 Å². The predicted octanol–water partition coefficient (Wildman–Crippen LogP) is 2.01. The lowest BCUT2D eigenvalue weighted by molar-refractivity contribution is -0.141. The molecule has 1 aromatic heterocycles. The molecule has 3 aromatic rings. The summed E-state index contributed by atoms with van der Waals surface area (Å²) in [5.74, 6) is -2.46. The van der Waals surface area contributed by atoms with Gasteiger partial charge in [-0.25, -0.2) is 0 Å². The first kappa shape index (κ1) is 19.0. The van der Waals surface area contributed by atoms with Gasteiger partial charge in [0.05, 0.1) is 0 Å². The number of aliphatic carboxylic acids is 1. The van der Waals surface area contributed by atoms with Crippen LogP contribution < -0.4 is 10.6 Å². The third-order valence-corrected chi connectivity index (χ3v) is 4.20. The second kappa shape index (κ2) is 8.26. The summed E-state index contributed by atoms with van der Waals surface area (Å²) in [6.45, 7) is 0. The molecule has 144 valence electrons. The highest BCUT2D eigenvalue weighted by molar-refractivity contribution is 6.00. The van der Waals surface area contributed by atoms with Crippen molar-refractivity contribution in [2.24, 2.45) is 0 Å². The molecule has 0 radical (unpaired) electrons. The third kappa shape index (κ3) is 4.67. The highest BCUT2D eigenvalue weighted by Crippen LogP contribution is 2.20. The van der Waals surface area contributed by atoms with Crippen molar-refractivity contribution in [1.82, 2.24) is 10.3 Å². The summed E-state index contributed by atoms with van der Waals surface area (Å²) >= 11 is 0. The molecule has 0 unspecified atom stereocenters. The SMILES string of the molecule is O=C(O)CC(=O)N[C@@H](Cc1c[nH]c2ccccc12)C(=O)Nc1ccc(O)cc1. The number of aromatic hydroxyl groups is 1. The topological polar surface area (TPSA) is 132 Å². The molecule has 28 heavy (non-hydrogen) atoms. The molecule has 1 heterocycles. The van der Waals surface area contributed by atoms with Gasteiger partial charge < -0.3 is 25.8 Å². The van der Waals surface area contributed by atoms with E-state index in [2.05, 4.69) is 15.6 Å². The Morgan fingerprint density at radius 2 is 1.75 bits per heavy atom. The number of hydrogen-bond donors (Lipinski definition) is 5. The van der Waals surface area contributed by atoms with Crippen LogP contribution in [0.2, 0.25) is 0 Å². The van der Waals surface area contributed by atoms with Crippen molar-refractivity contribution >= 4 is 34.4 Å². The maximum Gasteiger partial charge on any atom is 0.312 e. The molecule has 1 atom stereocenters. The fourth-order valence-electron chi connectivity index (χ4n) is 2.89. The number of carboxylic acid groups (broad SMARTS) is 1. The largest absolute Gasteiger partial charge is 0.508 e. The average molecular weight is 381 g/mol. The standard InChI is InChI=1S/C20H19N3O5/c24-14-7-5-13(6-8-14)22-20(28)17(23-18(25)10-19(26)27)9-12-11-21-16-4-2-1-3-15(12)16/h1-8,11,17,21,24H,9-10H2,(H,22,28)(H,23,25)(H,26,27)/t17-/m0/s1. The van der Waals surface area contributed by atoms with Crippen LogP contribution in [0.25, 0.3) is 10.9 Å². The van der Waals surface area contributed by atoms with Crippen LogP contribution in [-0.4, -0.2) is 39.0 Å². The van der Waals surface area contributed by atoms with E-state index in [0.717, 1.165) is 16.5 Å². The van der Waals surface area contributed by atoms with Crippen molar-refractivity contribution < 1.29 is 24.6 Å². The van der Waals surface area contributed by atoms with Crippen LogP contribution in [-0.2, 0) is 20.8 Å². The summed E-state index contributed by atoms with van der Waals surface area (Å²) in [6, 6.07) is 12.5. The predicted molar refractivity (Wildman–Crippen MR) is 103 cm³/mol. The fraction of sp³-hybridized carbons (Fsp3) is 0.150. The lowest BCUT2D eigenvalue weighted by Crippen LogP contribution is -2.45. The summed E-state index contributed by atoms with van der Waals surface area (Å²) in [7, 11) is 0. The van der Waals surface area contributed by atoms with Crippen LogP contribution in [0.1, 0.15) is 12.0 Å². The highest BCUT2D eigenvalue weighted by Gasteiger charge is 2.23. The third-order valence-electron chi connectivity index (χ3n) is 4.20. The van der Waals surface area contributed by atoms with Gasteiger partial charge in [-0.1, -0.05) is 18.2 Å². The van der Waals surface area contributed by atoms with E-state index in [-0.39, 0.29) is 12.2 Å². The lowest BCUT2D eigenvalue weighted by Gasteiger charge is -2.18. The van der Waals surface area contributed by atoms with Crippen molar-refractivity contribution in [3.05, 3.63) is 60.3 Å². The quantitative estimate of drug-likeness (QED) is 0.316. The van der Waals surface area contributed by atoms with Gasteiger partial charge in [0.25, 0.3) is 0 Å². The first-order valence-electron chi connectivity index (χ1n) is 8.58. The number of nitrogens with one attached hydrogen (secondary N) is 3. The summed E-state index contributed by atoms with van der Waals surface area (Å²) in [4.78, 5) is 38.6. The minimum Gasteiger partial charge on any atom is -0.508 e. The minimum absolute atomic E-state index is 0.0584. The Bertz CT molecular complexity index is 1010. The Labute approximate surface area is 160 Å². The second-order valence-electron chi connectivity index (χ2n) is 6.29. The summed E-state index contributed by atoms with van der Waals surface area (Å²) in [5.41, 5.74) is 2.16. The van der Waals surface area contributed by atoms with E-state index in [1.807, 2.05) is 24.3 Å². The van der Waals surface area contributed by atoms with Gasteiger partial charge in [-0.3, -0.25) is 14.4 Å². The fourth-order valence-corrected chi connectivity index (χ4v) is 2.89. The van der Waals surface area contributed by atoms with Crippen molar-refractivity contribution in [2.75, 3.05) is 5.32 Å². The smallest absolute Gasteiger partial charge is 0.312 e. The molecule has 2 aromatic carbocycles. The summed E-state index contributed by atoms with van der Waals surface area (Å²) < 4.78 is 0. The van der Waals surface area contributed by atoms with Crippen LogP contribution in [0.4, 0.5) is 5.69 Å². The van der Waals surface area contributed by atoms with E-state index >= 15 is 0 Å². The number of rotatable bonds is 7. The number of aromatic nitrogens is 1. The van der Waals surface area contributed by atoms with E-state index in [1.54, 1.807) is 6.20 Å². The van der Waals surface area contributed by atoms with E-state index in [9.17, 15) is 19.5 Å². The zero-order valence-corrected chi connectivity index (χ0v) is 14.8. The second-order valence-corrected chi connectivity index (χ2v) is 6.29. The molecule has 2 amide bonds. The normalized spacial score (nSPS) is 11.7. The maximum absolute atomic E-state index is 12.7. The molecule has 3 rings (SSSR count). The number of amides is 2. The zero-order valence-electron chi connectivity index (χ0n) is 14.8. The van der Waals surface area contributed by atoms with E-state index in [0.29, 0.717) is 5.69 Å². The number of anilines is 1. The Hall–Kier alpha value is -3.81. The first-order chi connectivity index (χ1) is 13.4. The van der Waals surface area contributed by atoms with Crippen LogP contribution in [0.5, 0.6) is 5.75 Å². The van der Waals surface area contributed by atoms with Gasteiger partial charge in [0.2, 0.25) is 11.8 Å². The van der Waals surface area contributed by atoms with Gasteiger partial charge in [-0.2, -0.15) is 0 Å². The first-order valence-corrected chi connectivity index (χ1v) is 8.58. The van der Waals surface area contributed by atoms with E-state index in [1.165, 1.54) is 24.3 Å². The monoisotopic (exact) mass is 381 g/mol. The van der Waals surface area contributed by atoms with Crippen LogP contribution in [0, 0.1) is 0 Å². The minimum atomic E-state index is -1.28. The molecule has 0 aliphatic carbocycles. The molecule has 8 heteroatoms. The number of phenols is 1. The van der Waals surface area contributed by atoms with Gasteiger partial charge in [0.1, 0.15) is 18.2 Å². The molecule has 8 nitrogen and oxygen atoms in total. The number of carbonyl (C=O) groups is 3. The van der Waals surface area contributed by atoms with Gasteiger partial charge in [-0.05, 0) is 35.9 Å². The van der Waals surface area contributed by atoms with Gasteiger partial charge >= 0.3 is 5.97 Å². The Morgan fingerprint density at radius 1 is 1.04 bits per heavy atom.